The lowest BCUT2D eigenvalue weighted by molar-refractivity contribution is -0.118. The lowest BCUT2D eigenvalue weighted by atomic mass is 9.75. The summed E-state index contributed by atoms with van der Waals surface area (Å²) in [6, 6.07) is 3.44. The van der Waals surface area contributed by atoms with E-state index in [4.69, 9.17) is 17.3 Å². The van der Waals surface area contributed by atoms with Gasteiger partial charge in [0.15, 0.2) is 5.15 Å². The summed E-state index contributed by atoms with van der Waals surface area (Å²) in [5.74, 6) is -0.0999. The second kappa shape index (κ2) is 4.39. The predicted molar refractivity (Wildman–Crippen MR) is 63.3 cm³/mol. The number of pyridine rings is 1. The Labute approximate surface area is 99.2 Å². The standard InChI is InChI=1S/C11H14ClN3O/c12-10-8(3-1-6-14-10)15-9(16)7-11(13)4-2-5-11/h1,3,6H,2,4-5,7,13H2,(H,15,16). The largest absolute Gasteiger partial charge is 0.325 e. The fourth-order valence-corrected chi connectivity index (χ4v) is 1.97. The van der Waals surface area contributed by atoms with Crippen LogP contribution in [0, 0.1) is 0 Å². The Morgan fingerprint density at radius 2 is 2.38 bits per heavy atom. The molecule has 0 radical (unpaired) electrons. The first-order valence-corrected chi connectivity index (χ1v) is 5.66. The molecule has 16 heavy (non-hydrogen) atoms. The molecule has 1 aliphatic carbocycles. The van der Waals surface area contributed by atoms with Crippen LogP contribution >= 0.6 is 11.6 Å². The van der Waals surface area contributed by atoms with Gasteiger partial charge in [-0.05, 0) is 31.4 Å². The van der Waals surface area contributed by atoms with E-state index < -0.39 is 0 Å². The van der Waals surface area contributed by atoms with Crippen molar-refractivity contribution in [1.82, 2.24) is 4.98 Å². The van der Waals surface area contributed by atoms with Gasteiger partial charge in [0.1, 0.15) is 0 Å². The highest BCUT2D eigenvalue weighted by atomic mass is 35.5. The van der Waals surface area contributed by atoms with Crippen molar-refractivity contribution in [3.05, 3.63) is 23.5 Å². The van der Waals surface area contributed by atoms with E-state index in [9.17, 15) is 4.79 Å². The predicted octanol–water partition coefficient (Wildman–Crippen LogP) is 1.94. The minimum absolute atomic E-state index is 0.0999. The molecule has 0 saturated heterocycles. The number of aromatic nitrogens is 1. The van der Waals surface area contributed by atoms with Crippen LogP contribution in [0.2, 0.25) is 5.15 Å². The smallest absolute Gasteiger partial charge is 0.226 e. The molecule has 1 aromatic rings. The van der Waals surface area contributed by atoms with Crippen LogP contribution in [0.4, 0.5) is 5.69 Å². The molecule has 0 aromatic carbocycles. The lowest BCUT2D eigenvalue weighted by Crippen LogP contribution is -2.48. The third-order valence-electron chi connectivity index (χ3n) is 2.90. The zero-order valence-electron chi connectivity index (χ0n) is 8.87. The fraction of sp³-hybridized carbons (Fsp3) is 0.455. The third kappa shape index (κ3) is 2.51. The molecule has 1 fully saturated rings. The van der Waals surface area contributed by atoms with Crippen molar-refractivity contribution in [2.24, 2.45) is 5.73 Å². The van der Waals surface area contributed by atoms with Gasteiger partial charge < -0.3 is 11.1 Å². The van der Waals surface area contributed by atoms with E-state index in [-0.39, 0.29) is 11.4 Å². The minimum Gasteiger partial charge on any atom is -0.325 e. The molecule has 1 saturated carbocycles. The van der Waals surface area contributed by atoms with Gasteiger partial charge in [0, 0.05) is 18.2 Å². The first-order chi connectivity index (χ1) is 7.59. The van der Waals surface area contributed by atoms with Crippen LogP contribution in [-0.2, 0) is 4.79 Å². The maximum Gasteiger partial charge on any atom is 0.226 e. The minimum atomic E-state index is -0.307. The van der Waals surface area contributed by atoms with Gasteiger partial charge in [-0.15, -0.1) is 0 Å². The van der Waals surface area contributed by atoms with Gasteiger partial charge in [-0.3, -0.25) is 4.79 Å². The van der Waals surface area contributed by atoms with Gasteiger partial charge in [-0.25, -0.2) is 4.98 Å². The monoisotopic (exact) mass is 239 g/mol. The molecular formula is C11H14ClN3O. The van der Waals surface area contributed by atoms with Crippen LogP contribution < -0.4 is 11.1 Å². The van der Waals surface area contributed by atoms with E-state index in [1.165, 1.54) is 0 Å². The Kier molecular flexibility index (Phi) is 3.12. The number of carbonyl (C=O) groups is 1. The van der Waals surface area contributed by atoms with E-state index in [1.807, 2.05) is 0 Å². The summed E-state index contributed by atoms with van der Waals surface area (Å²) in [4.78, 5) is 15.6. The zero-order chi connectivity index (χ0) is 11.6. The highest BCUT2D eigenvalue weighted by molar-refractivity contribution is 6.32. The number of nitrogens with two attached hydrogens (primary N) is 1. The Balaban J connectivity index is 1.95. The van der Waals surface area contributed by atoms with E-state index >= 15 is 0 Å². The summed E-state index contributed by atoms with van der Waals surface area (Å²) in [7, 11) is 0. The molecule has 0 unspecified atom stereocenters. The molecule has 3 N–H and O–H groups in total. The molecule has 2 rings (SSSR count). The number of rotatable bonds is 3. The van der Waals surface area contributed by atoms with Crippen LogP contribution in [-0.4, -0.2) is 16.4 Å². The van der Waals surface area contributed by atoms with Crippen LogP contribution in [0.3, 0.4) is 0 Å². The number of nitrogens with one attached hydrogen (secondary N) is 1. The summed E-state index contributed by atoms with van der Waals surface area (Å²) >= 11 is 5.83. The summed E-state index contributed by atoms with van der Waals surface area (Å²) in [5.41, 5.74) is 6.22. The van der Waals surface area contributed by atoms with Gasteiger partial charge in [-0.1, -0.05) is 11.6 Å². The molecule has 4 nitrogen and oxygen atoms in total. The number of halogens is 1. The quantitative estimate of drug-likeness (QED) is 0.793. The van der Waals surface area contributed by atoms with Gasteiger partial charge in [0.25, 0.3) is 0 Å². The van der Waals surface area contributed by atoms with Crippen molar-refractivity contribution < 1.29 is 4.79 Å². The fourth-order valence-electron chi connectivity index (χ4n) is 1.80. The lowest BCUT2D eigenvalue weighted by Gasteiger charge is -2.37. The van der Waals surface area contributed by atoms with Crippen LogP contribution in [0.15, 0.2) is 18.3 Å². The van der Waals surface area contributed by atoms with E-state index in [2.05, 4.69) is 10.3 Å². The van der Waals surface area contributed by atoms with Gasteiger partial charge in [0.05, 0.1) is 5.69 Å². The van der Waals surface area contributed by atoms with E-state index in [0.29, 0.717) is 17.3 Å². The molecule has 0 spiro atoms. The van der Waals surface area contributed by atoms with Gasteiger partial charge >= 0.3 is 0 Å². The average molecular weight is 240 g/mol. The van der Waals surface area contributed by atoms with Crippen LogP contribution in [0.5, 0.6) is 0 Å². The van der Waals surface area contributed by atoms with Crippen molar-refractivity contribution in [2.75, 3.05) is 5.32 Å². The van der Waals surface area contributed by atoms with Crippen molar-refractivity contribution in [2.45, 2.75) is 31.2 Å². The van der Waals surface area contributed by atoms with Crippen molar-refractivity contribution in [1.29, 1.82) is 0 Å². The van der Waals surface area contributed by atoms with Gasteiger partial charge in [-0.2, -0.15) is 0 Å². The molecular weight excluding hydrogens is 226 g/mol. The molecule has 1 aromatic heterocycles. The highest BCUT2D eigenvalue weighted by Crippen LogP contribution is 2.32. The second-order valence-corrected chi connectivity index (χ2v) is 4.64. The SMILES string of the molecule is NC1(CC(=O)Nc2cccnc2Cl)CCC1. The van der Waals surface area contributed by atoms with Crippen LogP contribution in [0.25, 0.3) is 0 Å². The van der Waals surface area contributed by atoms with Crippen LogP contribution in [0.1, 0.15) is 25.7 Å². The highest BCUT2D eigenvalue weighted by Gasteiger charge is 2.34. The maximum atomic E-state index is 11.7. The van der Waals surface area contributed by atoms with E-state index in [1.54, 1.807) is 18.3 Å². The maximum absolute atomic E-state index is 11.7. The number of nitrogens with zero attached hydrogens (tertiary/aromatic N) is 1. The number of carbonyl (C=O) groups excluding carboxylic acids is 1. The Hall–Kier alpha value is -1.13. The first kappa shape index (κ1) is 11.4. The normalized spacial score (nSPS) is 17.6. The van der Waals surface area contributed by atoms with E-state index in [0.717, 1.165) is 19.3 Å². The molecule has 0 aliphatic heterocycles. The molecule has 1 aliphatic rings. The second-order valence-electron chi connectivity index (χ2n) is 4.28. The zero-order valence-corrected chi connectivity index (χ0v) is 9.63. The summed E-state index contributed by atoms with van der Waals surface area (Å²) in [5, 5.41) is 3.02. The number of amides is 1. The molecule has 1 heterocycles. The van der Waals surface area contributed by atoms with Crippen molar-refractivity contribution in [3.63, 3.8) is 0 Å². The molecule has 86 valence electrons. The topological polar surface area (TPSA) is 68.0 Å². The molecule has 1 amide bonds. The van der Waals surface area contributed by atoms with Gasteiger partial charge in [0.2, 0.25) is 5.91 Å². The summed E-state index contributed by atoms with van der Waals surface area (Å²) in [6.45, 7) is 0. The van der Waals surface area contributed by atoms with Crippen molar-refractivity contribution >= 4 is 23.2 Å². The summed E-state index contributed by atoms with van der Waals surface area (Å²) in [6.07, 6.45) is 4.87. The molecule has 0 bridgehead atoms. The first-order valence-electron chi connectivity index (χ1n) is 5.28. The number of anilines is 1. The Morgan fingerprint density at radius 3 is 2.94 bits per heavy atom. The average Bonchev–Trinajstić information content (AvgIpc) is 2.19. The molecule has 0 atom stereocenters. The Morgan fingerprint density at radius 1 is 1.62 bits per heavy atom. The third-order valence-corrected chi connectivity index (χ3v) is 3.20. The number of hydrogen-bond acceptors (Lipinski definition) is 3. The van der Waals surface area contributed by atoms with Crippen molar-refractivity contribution in [3.8, 4) is 0 Å². The Bertz CT molecular complexity index is 404. The summed E-state index contributed by atoms with van der Waals surface area (Å²) < 4.78 is 0. The molecule has 5 heteroatoms. The number of hydrogen-bond donors (Lipinski definition) is 2.